The van der Waals surface area contributed by atoms with E-state index in [0.29, 0.717) is 0 Å². The Morgan fingerprint density at radius 1 is 1.07 bits per heavy atom. The zero-order chi connectivity index (χ0) is 21.3. The van der Waals surface area contributed by atoms with Crippen LogP contribution in [0.4, 0.5) is 0 Å². The molecule has 0 radical (unpaired) electrons. The number of nitrogens with one attached hydrogen (secondary N) is 2. The highest BCUT2D eigenvalue weighted by Gasteiger charge is 2.20. The molecule has 164 valence electrons. The van der Waals surface area contributed by atoms with Crippen LogP contribution < -0.4 is 20.1 Å². The maximum atomic E-state index is 5.43. The lowest BCUT2D eigenvalue weighted by Gasteiger charge is -2.36. The first-order valence-electron chi connectivity index (χ1n) is 10.6. The van der Waals surface area contributed by atoms with E-state index in [2.05, 4.69) is 60.3 Å². The number of hydrogen-bond acceptors (Lipinski definition) is 5. The van der Waals surface area contributed by atoms with Crippen LogP contribution in [-0.4, -0.2) is 81.3 Å². The molecule has 1 heterocycles. The summed E-state index contributed by atoms with van der Waals surface area (Å²) < 4.78 is 10.8. The van der Waals surface area contributed by atoms with Crippen LogP contribution in [0.2, 0.25) is 0 Å². The molecule has 7 heteroatoms. The standard InChI is InChI=1S/C22H39N5O2/c1-7-23-21(24-10-11-25-22(2,3)4)27-14-12-26(13-15-27)17-18-8-9-19(28-5)20(16-18)29-6/h8-9,16,25H,7,10-15,17H2,1-6H3,(H,23,24). The van der Waals surface area contributed by atoms with Gasteiger partial charge in [0.05, 0.1) is 20.8 Å². The van der Waals surface area contributed by atoms with Crippen molar-refractivity contribution in [2.24, 2.45) is 4.99 Å². The van der Waals surface area contributed by atoms with E-state index in [1.54, 1.807) is 14.2 Å². The monoisotopic (exact) mass is 405 g/mol. The predicted octanol–water partition coefficient (Wildman–Crippen LogP) is 2.18. The van der Waals surface area contributed by atoms with Crippen molar-refractivity contribution in [1.82, 2.24) is 20.4 Å². The first-order chi connectivity index (χ1) is 13.9. The maximum Gasteiger partial charge on any atom is 0.194 e. The number of methoxy groups -OCH3 is 2. The lowest BCUT2D eigenvalue weighted by molar-refractivity contribution is 0.172. The van der Waals surface area contributed by atoms with Gasteiger partial charge in [-0.05, 0) is 45.4 Å². The molecule has 1 saturated heterocycles. The van der Waals surface area contributed by atoms with Crippen molar-refractivity contribution >= 4 is 5.96 Å². The van der Waals surface area contributed by atoms with Gasteiger partial charge in [0.2, 0.25) is 0 Å². The molecule has 0 spiro atoms. The molecule has 29 heavy (non-hydrogen) atoms. The molecule has 0 aromatic heterocycles. The number of rotatable bonds is 8. The number of piperazine rings is 1. The van der Waals surface area contributed by atoms with E-state index in [9.17, 15) is 0 Å². The molecule has 0 unspecified atom stereocenters. The quantitative estimate of drug-likeness (QED) is 0.393. The van der Waals surface area contributed by atoms with Crippen molar-refractivity contribution < 1.29 is 9.47 Å². The molecular weight excluding hydrogens is 366 g/mol. The van der Waals surface area contributed by atoms with Gasteiger partial charge in [0.1, 0.15) is 0 Å². The second-order valence-electron chi connectivity index (χ2n) is 8.36. The molecule has 0 atom stereocenters. The third-order valence-corrected chi connectivity index (χ3v) is 4.89. The van der Waals surface area contributed by atoms with E-state index >= 15 is 0 Å². The summed E-state index contributed by atoms with van der Waals surface area (Å²) in [6, 6.07) is 6.16. The fraction of sp³-hybridized carbons (Fsp3) is 0.682. The summed E-state index contributed by atoms with van der Waals surface area (Å²) in [5.41, 5.74) is 1.37. The molecule has 0 bridgehead atoms. The van der Waals surface area contributed by atoms with Crippen LogP contribution in [0, 0.1) is 0 Å². The summed E-state index contributed by atoms with van der Waals surface area (Å²) in [6.45, 7) is 16.1. The first-order valence-corrected chi connectivity index (χ1v) is 10.6. The van der Waals surface area contributed by atoms with Crippen LogP contribution >= 0.6 is 0 Å². The molecule has 1 aliphatic heterocycles. The van der Waals surface area contributed by atoms with Gasteiger partial charge in [-0.1, -0.05) is 6.07 Å². The Bertz CT molecular complexity index is 649. The normalized spacial score (nSPS) is 16.1. The molecule has 2 rings (SSSR count). The zero-order valence-corrected chi connectivity index (χ0v) is 19.0. The smallest absolute Gasteiger partial charge is 0.194 e. The Balaban J connectivity index is 1.87. The van der Waals surface area contributed by atoms with Crippen LogP contribution in [-0.2, 0) is 6.54 Å². The van der Waals surface area contributed by atoms with Gasteiger partial charge < -0.3 is 25.0 Å². The highest BCUT2D eigenvalue weighted by molar-refractivity contribution is 5.80. The largest absolute Gasteiger partial charge is 0.493 e. The van der Waals surface area contributed by atoms with Crippen LogP contribution in [0.1, 0.15) is 33.3 Å². The minimum Gasteiger partial charge on any atom is -0.493 e. The molecule has 2 N–H and O–H groups in total. The van der Waals surface area contributed by atoms with E-state index in [4.69, 9.17) is 14.5 Å². The Labute approximate surface area is 176 Å². The van der Waals surface area contributed by atoms with Gasteiger partial charge in [-0.2, -0.15) is 0 Å². The molecule has 1 aliphatic rings. The Kier molecular flexibility index (Phi) is 9.04. The van der Waals surface area contributed by atoms with E-state index < -0.39 is 0 Å². The molecule has 1 fully saturated rings. The molecular formula is C22H39N5O2. The Morgan fingerprint density at radius 2 is 1.76 bits per heavy atom. The SMILES string of the molecule is CCNC(=NCCNC(C)(C)C)N1CCN(Cc2ccc(OC)c(OC)c2)CC1. The predicted molar refractivity (Wildman–Crippen MR) is 120 cm³/mol. The van der Waals surface area contributed by atoms with E-state index in [0.717, 1.165) is 69.8 Å². The summed E-state index contributed by atoms with van der Waals surface area (Å²) in [4.78, 5) is 9.65. The summed E-state index contributed by atoms with van der Waals surface area (Å²) >= 11 is 0. The summed E-state index contributed by atoms with van der Waals surface area (Å²) in [6.07, 6.45) is 0. The summed E-state index contributed by atoms with van der Waals surface area (Å²) in [5, 5.41) is 6.93. The van der Waals surface area contributed by atoms with Crippen molar-refractivity contribution in [2.75, 3.05) is 60.0 Å². The molecule has 1 aromatic rings. The summed E-state index contributed by atoms with van der Waals surface area (Å²) in [5.74, 6) is 2.58. The highest BCUT2D eigenvalue weighted by atomic mass is 16.5. The number of nitrogens with zero attached hydrogens (tertiary/aromatic N) is 3. The summed E-state index contributed by atoms with van der Waals surface area (Å²) in [7, 11) is 3.35. The molecule has 0 amide bonds. The number of aliphatic imine (C=N–C) groups is 1. The maximum absolute atomic E-state index is 5.43. The number of ether oxygens (including phenoxy) is 2. The third kappa shape index (κ3) is 7.74. The lowest BCUT2D eigenvalue weighted by Crippen LogP contribution is -2.52. The zero-order valence-electron chi connectivity index (χ0n) is 19.0. The van der Waals surface area contributed by atoms with Crippen molar-refractivity contribution in [2.45, 2.75) is 39.8 Å². The van der Waals surface area contributed by atoms with Gasteiger partial charge in [-0.15, -0.1) is 0 Å². The van der Waals surface area contributed by atoms with E-state index in [1.807, 2.05) is 6.07 Å². The van der Waals surface area contributed by atoms with Crippen molar-refractivity contribution in [3.05, 3.63) is 23.8 Å². The van der Waals surface area contributed by atoms with Crippen LogP contribution in [0.5, 0.6) is 11.5 Å². The van der Waals surface area contributed by atoms with Gasteiger partial charge >= 0.3 is 0 Å². The second kappa shape index (κ2) is 11.3. The fourth-order valence-corrected chi connectivity index (χ4v) is 3.37. The number of guanidine groups is 1. The average Bonchev–Trinajstić information content (AvgIpc) is 2.70. The van der Waals surface area contributed by atoms with Crippen LogP contribution in [0.25, 0.3) is 0 Å². The molecule has 1 aromatic carbocycles. The Hall–Kier alpha value is -1.99. The topological polar surface area (TPSA) is 61.4 Å². The fourth-order valence-electron chi connectivity index (χ4n) is 3.37. The average molecular weight is 406 g/mol. The van der Waals surface area contributed by atoms with Gasteiger partial charge in [0.15, 0.2) is 17.5 Å². The van der Waals surface area contributed by atoms with E-state index in [1.165, 1.54) is 5.56 Å². The molecule has 7 nitrogen and oxygen atoms in total. The van der Waals surface area contributed by atoms with Crippen molar-refractivity contribution in [3.63, 3.8) is 0 Å². The van der Waals surface area contributed by atoms with Crippen LogP contribution in [0.15, 0.2) is 23.2 Å². The first kappa shape index (κ1) is 23.3. The second-order valence-corrected chi connectivity index (χ2v) is 8.36. The van der Waals surface area contributed by atoms with Gasteiger partial charge in [-0.3, -0.25) is 9.89 Å². The molecule has 0 aliphatic carbocycles. The third-order valence-electron chi connectivity index (χ3n) is 4.89. The van der Waals surface area contributed by atoms with Gasteiger partial charge in [0, 0.05) is 51.4 Å². The minimum atomic E-state index is 0.129. The van der Waals surface area contributed by atoms with Crippen molar-refractivity contribution in [3.8, 4) is 11.5 Å². The minimum absolute atomic E-state index is 0.129. The number of hydrogen-bond donors (Lipinski definition) is 2. The lowest BCUT2D eigenvalue weighted by atomic mass is 10.1. The number of benzene rings is 1. The molecule has 0 saturated carbocycles. The van der Waals surface area contributed by atoms with E-state index in [-0.39, 0.29) is 5.54 Å². The van der Waals surface area contributed by atoms with Crippen molar-refractivity contribution in [1.29, 1.82) is 0 Å². The van der Waals surface area contributed by atoms with Gasteiger partial charge in [-0.25, -0.2) is 0 Å². The van der Waals surface area contributed by atoms with Crippen LogP contribution in [0.3, 0.4) is 0 Å². The highest BCUT2D eigenvalue weighted by Crippen LogP contribution is 2.28. The Morgan fingerprint density at radius 3 is 2.34 bits per heavy atom. The van der Waals surface area contributed by atoms with Gasteiger partial charge in [0.25, 0.3) is 0 Å².